The van der Waals surface area contributed by atoms with Crippen molar-refractivity contribution in [2.75, 3.05) is 18.2 Å². The minimum Gasteiger partial charge on any atom is -0.497 e. The van der Waals surface area contributed by atoms with Crippen molar-refractivity contribution >= 4 is 36.2 Å². The van der Waals surface area contributed by atoms with Gasteiger partial charge in [0.1, 0.15) is 23.4 Å². The van der Waals surface area contributed by atoms with Crippen LogP contribution < -0.4 is 15.4 Å². The molecule has 0 bridgehead atoms. The third-order valence-corrected chi connectivity index (χ3v) is 5.50. The minimum atomic E-state index is -1.17. The van der Waals surface area contributed by atoms with Crippen molar-refractivity contribution in [3.8, 4) is 18.2 Å². The summed E-state index contributed by atoms with van der Waals surface area (Å²) in [5.41, 5.74) is 2.05. The molecule has 0 aliphatic rings. The zero-order valence-electron chi connectivity index (χ0n) is 21.4. The summed E-state index contributed by atoms with van der Waals surface area (Å²) in [6.45, 7) is 8.88. The molecule has 0 aliphatic carbocycles. The van der Waals surface area contributed by atoms with Gasteiger partial charge in [-0.15, -0.1) is 0 Å². The molecule has 2 aromatic carbocycles. The van der Waals surface area contributed by atoms with Crippen LogP contribution in [0.25, 0.3) is 0 Å². The summed E-state index contributed by atoms with van der Waals surface area (Å²) in [4.78, 5) is 40.4. The normalized spacial score (nSPS) is 12.5. The van der Waals surface area contributed by atoms with E-state index in [-0.39, 0.29) is 5.75 Å². The second-order valence-corrected chi connectivity index (χ2v) is 9.56. The molecule has 2 rings (SSSR count). The monoisotopic (exact) mass is 511 g/mol. The third-order valence-electron chi connectivity index (χ3n) is 5.13. The van der Waals surface area contributed by atoms with Crippen LogP contribution in [-0.4, -0.2) is 47.3 Å². The van der Waals surface area contributed by atoms with E-state index in [1.54, 1.807) is 58.2 Å². The minimum absolute atomic E-state index is 0.0596. The average Bonchev–Trinajstić information content (AvgIpc) is 2.80. The fourth-order valence-electron chi connectivity index (χ4n) is 3.48. The molecule has 2 N–H and O–H groups in total. The van der Waals surface area contributed by atoms with E-state index in [1.165, 1.54) is 0 Å². The first-order valence-corrected chi connectivity index (χ1v) is 11.9. The molecule has 0 saturated carbocycles. The quantitative estimate of drug-likeness (QED) is 0.280. The largest absolute Gasteiger partial charge is 0.497 e. The summed E-state index contributed by atoms with van der Waals surface area (Å²) < 4.78 is 10.4. The summed E-state index contributed by atoms with van der Waals surface area (Å²) in [6.07, 6.45) is 4.98. The lowest BCUT2D eigenvalue weighted by atomic mass is 9.97. The van der Waals surface area contributed by atoms with Crippen molar-refractivity contribution < 1.29 is 23.9 Å². The Labute approximate surface area is 218 Å². The molecule has 9 heteroatoms. The van der Waals surface area contributed by atoms with Crippen LogP contribution in [0.1, 0.15) is 43.5 Å². The van der Waals surface area contributed by atoms with Gasteiger partial charge in [-0.2, -0.15) is 12.6 Å². The highest BCUT2D eigenvalue weighted by atomic mass is 32.1. The van der Waals surface area contributed by atoms with Gasteiger partial charge in [-0.3, -0.25) is 14.5 Å². The lowest BCUT2D eigenvalue weighted by Crippen LogP contribution is -2.51. The molecule has 0 radical (unpaired) electrons. The molecule has 0 aliphatic heterocycles. The molecule has 0 fully saturated rings. The highest BCUT2D eigenvalue weighted by Crippen LogP contribution is 2.28. The predicted octanol–water partition coefficient (Wildman–Crippen LogP) is 4.23. The van der Waals surface area contributed by atoms with Crippen molar-refractivity contribution in [1.82, 2.24) is 10.2 Å². The number of aryl methyl sites for hydroxylation is 2. The maximum atomic E-state index is 13.6. The van der Waals surface area contributed by atoms with Gasteiger partial charge in [0.15, 0.2) is 0 Å². The van der Waals surface area contributed by atoms with Crippen LogP contribution in [0.4, 0.5) is 10.5 Å². The molecular formula is C27H33N3O5S. The number of nitrogens with zero attached hydrogens (tertiary/aromatic N) is 1. The number of carbonyl (C=O) groups excluding carboxylic acids is 3. The molecule has 2 aromatic rings. The Morgan fingerprint density at radius 1 is 1.11 bits per heavy atom. The lowest BCUT2D eigenvalue weighted by molar-refractivity contribution is -0.136. The van der Waals surface area contributed by atoms with E-state index in [0.29, 0.717) is 17.0 Å². The molecule has 0 spiro atoms. The number of alkyl carbamates (subject to hydrolysis) is 1. The summed E-state index contributed by atoms with van der Waals surface area (Å²) in [6, 6.07) is 12.3. The molecule has 8 nitrogen and oxygen atoms in total. The Morgan fingerprint density at radius 2 is 1.75 bits per heavy atom. The van der Waals surface area contributed by atoms with Crippen LogP contribution in [0.5, 0.6) is 5.75 Å². The molecule has 36 heavy (non-hydrogen) atoms. The smallest absolute Gasteiger partial charge is 0.408 e. The number of thiol groups is 1. The number of methoxy groups -OCH3 is 1. The Kier molecular flexibility index (Phi) is 9.82. The average molecular weight is 512 g/mol. The van der Waals surface area contributed by atoms with E-state index in [2.05, 4.69) is 29.3 Å². The fourth-order valence-corrected chi connectivity index (χ4v) is 3.73. The lowest BCUT2D eigenvalue weighted by Gasteiger charge is -2.30. The number of hydrogen-bond donors (Lipinski definition) is 3. The maximum Gasteiger partial charge on any atom is 0.408 e. The Morgan fingerprint density at radius 3 is 2.25 bits per heavy atom. The maximum absolute atomic E-state index is 13.6. The number of ether oxygens (including phenoxy) is 2. The number of benzene rings is 2. The van der Waals surface area contributed by atoms with E-state index in [9.17, 15) is 14.4 Å². The van der Waals surface area contributed by atoms with E-state index in [0.717, 1.165) is 16.0 Å². The first-order valence-electron chi connectivity index (χ1n) is 11.3. The third kappa shape index (κ3) is 7.68. The molecule has 192 valence electrons. The molecule has 2 atom stereocenters. The van der Waals surface area contributed by atoms with Crippen molar-refractivity contribution in [2.45, 2.75) is 52.3 Å². The van der Waals surface area contributed by atoms with Gasteiger partial charge in [0.05, 0.1) is 7.11 Å². The van der Waals surface area contributed by atoms with Crippen molar-refractivity contribution in [3.05, 3.63) is 59.2 Å². The molecule has 0 heterocycles. The van der Waals surface area contributed by atoms with E-state index in [1.807, 2.05) is 26.0 Å². The number of carbonyl (C=O) groups is 3. The van der Waals surface area contributed by atoms with Gasteiger partial charge in [-0.25, -0.2) is 4.79 Å². The molecule has 2 unspecified atom stereocenters. The second kappa shape index (κ2) is 12.4. The van der Waals surface area contributed by atoms with Gasteiger partial charge in [0, 0.05) is 17.5 Å². The van der Waals surface area contributed by atoms with E-state index in [4.69, 9.17) is 15.9 Å². The van der Waals surface area contributed by atoms with Crippen LogP contribution in [-0.2, 0) is 14.3 Å². The van der Waals surface area contributed by atoms with Crippen LogP contribution >= 0.6 is 12.6 Å². The van der Waals surface area contributed by atoms with Gasteiger partial charge >= 0.3 is 6.09 Å². The standard InChI is InChI=1S/C27H33N3O5S/c1-8-30(25(32)22(16-36)29-26(33)35-27(4,5)6)23(21-14-9-17(2)15-18(21)3)24(31)28-19-10-12-20(34-7)13-11-19/h1,9-15,22-23,36H,16H2,2-7H3,(H,28,31)(H,29,33). The molecule has 0 aromatic heterocycles. The predicted molar refractivity (Wildman–Crippen MR) is 143 cm³/mol. The Bertz CT molecular complexity index is 1140. The van der Waals surface area contributed by atoms with Crippen LogP contribution in [0.3, 0.4) is 0 Å². The topological polar surface area (TPSA) is 97.0 Å². The summed E-state index contributed by atoms with van der Waals surface area (Å²) in [5.74, 6) is -0.623. The van der Waals surface area contributed by atoms with Crippen molar-refractivity contribution in [3.63, 3.8) is 0 Å². The van der Waals surface area contributed by atoms with Crippen LogP contribution in [0, 0.1) is 26.3 Å². The number of nitrogens with one attached hydrogen (secondary N) is 2. The molecule has 0 saturated heterocycles. The SMILES string of the molecule is C#CN(C(=O)C(CS)NC(=O)OC(C)(C)C)C(C(=O)Nc1ccc(OC)cc1)c1ccc(C)cc1C. The summed E-state index contributed by atoms with van der Waals surface area (Å²) in [5, 5.41) is 5.32. The zero-order chi connectivity index (χ0) is 27.0. The van der Waals surface area contributed by atoms with Crippen molar-refractivity contribution in [2.24, 2.45) is 0 Å². The number of amides is 3. The Hall–Kier alpha value is -3.64. The van der Waals surface area contributed by atoms with E-state index < -0.39 is 35.6 Å². The fraction of sp³-hybridized carbons (Fsp3) is 0.370. The first kappa shape index (κ1) is 28.6. The Balaban J connectivity index is 2.43. The van der Waals surface area contributed by atoms with Crippen LogP contribution in [0.2, 0.25) is 0 Å². The summed E-state index contributed by atoms with van der Waals surface area (Å²) >= 11 is 4.22. The van der Waals surface area contributed by atoms with Crippen LogP contribution in [0.15, 0.2) is 42.5 Å². The van der Waals surface area contributed by atoms with Gasteiger partial charge in [0.2, 0.25) is 0 Å². The number of terminal acetylenes is 1. The number of anilines is 1. The summed E-state index contributed by atoms with van der Waals surface area (Å²) in [7, 11) is 1.55. The highest BCUT2D eigenvalue weighted by Gasteiger charge is 2.36. The van der Waals surface area contributed by atoms with Gasteiger partial charge in [-0.05, 0) is 70.0 Å². The number of rotatable bonds is 8. The van der Waals surface area contributed by atoms with Gasteiger partial charge < -0.3 is 20.1 Å². The molecule has 3 amide bonds. The highest BCUT2D eigenvalue weighted by molar-refractivity contribution is 7.80. The van der Waals surface area contributed by atoms with Gasteiger partial charge in [-0.1, -0.05) is 30.2 Å². The zero-order valence-corrected chi connectivity index (χ0v) is 22.3. The molecular weight excluding hydrogens is 478 g/mol. The number of hydrogen-bond acceptors (Lipinski definition) is 6. The first-order chi connectivity index (χ1) is 16.9. The van der Waals surface area contributed by atoms with Crippen molar-refractivity contribution in [1.29, 1.82) is 0 Å². The second-order valence-electron chi connectivity index (χ2n) is 9.20. The van der Waals surface area contributed by atoms with Gasteiger partial charge in [0.25, 0.3) is 11.8 Å². The van der Waals surface area contributed by atoms with E-state index >= 15 is 0 Å².